The van der Waals surface area contributed by atoms with Crippen molar-refractivity contribution in [3.05, 3.63) is 12.2 Å². The van der Waals surface area contributed by atoms with Crippen molar-refractivity contribution in [3.8, 4) is 0 Å². The summed E-state index contributed by atoms with van der Waals surface area (Å²) in [6.07, 6.45) is 5.34. The second-order valence-electron chi connectivity index (χ2n) is 5.61. The molecule has 0 aliphatic carbocycles. The first kappa shape index (κ1) is 10.0. The van der Waals surface area contributed by atoms with Gasteiger partial charge >= 0.3 is 0 Å². The minimum absolute atomic E-state index is 0.258. The smallest absolute Gasteiger partial charge is 0.231 e. The molecule has 4 aliphatic rings. The first-order chi connectivity index (χ1) is 8.40. The molecule has 4 saturated heterocycles. The number of fused-ring (bicyclic) bond motifs is 2. The van der Waals surface area contributed by atoms with Gasteiger partial charge in [0, 0.05) is 12.1 Å². The summed E-state index contributed by atoms with van der Waals surface area (Å²) >= 11 is 0. The van der Waals surface area contributed by atoms with Gasteiger partial charge in [0.1, 0.15) is 0 Å². The molecule has 1 unspecified atom stereocenters. The molecule has 5 heteroatoms. The molecule has 17 heavy (non-hydrogen) atoms. The van der Waals surface area contributed by atoms with Crippen molar-refractivity contribution in [1.29, 1.82) is 0 Å². The fourth-order valence-corrected chi connectivity index (χ4v) is 4.30. The van der Waals surface area contributed by atoms with E-state index in [0.29, 0.717) is 5.92 Å². The van der Waals surface area contributed by atoms with Crippen LogP contribution in [-0.4, -0.2) is 46.8 Å². The fourth-order valence-electron chi connectivity index (χ4n) is 4.30. The van der Waals surface area contributed by atoms with E-state index in [1.165, 1.54) is 32.4 Å². The molecular weight excluding hydrogens is 216 g/mol. The summed E-state index contributed by atoms with van der Waals surface area (Å²) < 4.78 is 5.40. The Morgan fingerprint density at radius 1 is 1.41 bits per heavy atom. The molecule has 2 bridgehead atoms. The highest BCUT2D eigenvalue weighted by atomic mass is 16.5. The molecule has 5 rings (SSSR count). The number of piperidine rings is 3. The van der Waals surface area contributed by atoms with E-state index < -0.39 is 0 Å². The van der Waals surface area contributed by atoms with Crippen molar-refractivity contribution in [2.24, 2.45) is 5.92 Å². The molecule has 5 nitrogen and oxygen atoms in total. The second-order valence-corrected chi connectivity index (χ2v) is 5.61. The maximum atomic E-state index is 5.40. The minimum atomic E-state index is 0.258. The van der Waals surface area contributed by atoms with E-state index in [9.17, 15) is 0 Å². The topological polar surface area (TPSA) is 54.2 Å². The van der Waals surface area contributed by atoms with Crippen LogP contribution in [0.3, 0.4) is 0 Å². The summed E-state index contributed by atoms with van der Waals surface area (Å²) in [4.78, 5) is 7.01. The van der Waals surface area contributed by atoms with Crippen LogP contribution in [0.25, 0.3) is 0 Å². The number of rotatable bonds is 1. The van der Waals surface area contributed by atoms with E-state index in [2.05, 4.69) is 20.4 Å². The maximum absolute atomic E-state index is 5.40. The SMILES string of the molecule is c1noc(C2C3CCN(CC3)[C@]23CCNC3)n1. The summed E-state index contributed by atoms with van der Waals surface area (Å²) in [5.41, 5.74) is 0.258. The van der Waals surface area contributed by atoms with Crippen molar-refractivity contribution in [1.82, 2.24) is 20.4 Å². The molecule has 1 spiro atoms. The first-order valence-corrected chi connectivity index (χ1v) is 6.62. The number of nitrogens with zero attached hydrogens (tertiary/aromatic N) is 3. The molecule has 2 atom stereocenters. The Morgan fingerprint density at radius 2 is 2.29 bits per heavy atom. The highest BCUT2D eigenvalue weighted by molar-refractivity contribution is 5.18. The van der Waals surface area contributed by atoms with Crippen molar-refractivity contribution in [2.45, 2.75) is 30.7 Å². The second kappa shape index (κ2) is 3.53. The van der Waals surface area contributed by atoms with E-state index >= 15 is 0 Å². The third kappa shape index (κ3) is 1.27. The number of nitrogens with one attached hydrogen (secondary N) is 1. The normalized spacial score (nSPS) is 44.6. The number of hydrogen-bond acceptors (Lipinski definition) is 5. The molecular formula is C12H18N4O. The molecule has 0 saturated carbocycles. The van der Waals surface area contributed by atoms with E-state index in [4.69, 9.17) is 4.52 Å². The summed E-state index contributed by atoms with van der Waals surface area (Å²) in [6.45, 7) is 4.69. The largest absolute Gasteiger partial charge is 0.339 e. The van der Waals surface area contributed by atoms with Crippen LogP contribution in [0, 0.1) is 5.92 Å². The third-order valence-corrected chi connectivity index (χ3v) is 5.03. The lowest BCUT2D eigenvalue weighted by molar-refractivity contribution is -0.0500. The van der Waals surface area contributed by atoms with Gasteiger partial charge in [-0.25, -0.2) is 0 Å². The van der Waals surface area contributed by atoms with Crippen molar-refractivity contribution in [2.75, 3.05) is 26.2 Å². The van der Waals surface area contributed by atoms with E-state index in [1.807, 2.05) is 0 Å². The molecule has 0 radical (unpaired) electrons. The van der Waals surface area contributed by atoms with Gasteiger partial charge in [-0.15, -0.1) is 0 Å². The van der Waals surface area contributed by atoms with E-state index in [0.717, 1.165) is 24.9 Å². The Labute approximate surface area is 101 Å². The van der Waals surface area contributed by atoms with Gasteiger partial charge in [-0.2, -0.15) is 4.98 Å². The van der Waals surface area contributed by atoms with Gasteiger partial charge < -0.3 is 9.84 Å². The summed E-state index contributed by atoms with van der Waals surface area (Å²) in [6, 6.07) is 0. The summed E-state index contributed by atoms with van der Waals surface area (Å²) in [5, 5.41) is 7.34. The lowest BCUT2D eigenvalue weighted by Crippen LogP contribution is -2.64. The van der Waals surface area contributed by atoms with Crippen LogP contribution in [0.15, 0.2) is 10.9 Å². The molecule has 5 heterocycles. The predicted octanol–water partition coefficient (Wildman–Crippen LogP) is 0.611. The molecule has 4 fully saturated rings. The summed E-state index contributed by atoms with van der Waals surface area (Å²) in [5.74, 6) is 2.05. The van der Waals surface area contributed by atoms with Gasteiger partial charge in [-0.3, -0.25) is 4.90 Å². The Bertz CT molecular complexity index is 391. The molecule has 92 valence electrons. The zero-order valence-corrected chi connectivity index (χ0v) is 9.93. The molecule has 0 aromatic carbocycles. The summed E-state index contributed by atoms with van der Waals surface area (Å²) in [7, 11) is 0. The van der Waals surface area contributed by atoms with E-state index in [1.54, 1.807) is 6.33 Å². The van der Waals surface area contributed by atoms with Gasteiger partial charge in [0.05, 0.1) is 5.92 Å². The monoisotopic (exact) mass is 234 g/mol. The lowest BCUT2D eigenvalue weighted by atomic mass is 9.65. The average Bonchev–Trinajstić information content (AvgIpc) is 3.03. The number of hydrogen-bond donors (Lipinski definition) is 1. The third-order valence-electron chi connectivity index (χ3n) is 5.03. The fraction of sp³-hybridized carbons (Fsp3) is 0.833. The highest BCUT2D eigenvalue weighted by Crippen LogP contribution is 2.51. The van der Waals surface area contributed by atoms with E-state index in [-0.39, 0.29) is 5.54 Å². The predicted molar refractivity (Wildman–Crippen MR) is 61.6 cm³/mol. The van der Waals surface area contributed by atoms with Crippen molar-refractivity contribution in [3.63, 3.8) is 0 Å². The van der Waals surface area contributed by atoms with Crippen LogP contribution in [0.2, 0.25) is 0 Å². The van der Waals surface area contributed by atoms with Gasteiger partial charge in [0.2, 0.25) is 5.89 Å². The van der Waals surface area contributed by atoms with Gasteiger partial charge in [0.25, 0.3) is 0 Å². The van der Waals surface area contributed by atoms with Crippen LogP contribution in [-0.2, 0) is 0 Å². The van der Waals surface area contributed by atoms with Crippen molar-refractivity contribution < 1.29 is 4.52 Å². The van der Waals surface area contributed by atoms with Gasteiger partial charge in [-0.05, 0) is 44.8 Å². The zero-order valence-electron chi connectivity index (χ0n) is 9.93. The first-order valence-electron chi connectivity index (χ1n) is 6.62. The molecule has 1 N–H and O–H groups in total. The quantitative estimate of drug-likeness (QED) is 0.771. The Balaban J connectivity index is 1.79. The molecule has 4 aliphatic heterocycles. The van der Waals surface area contributed by atoms with Gasteiger partial charge in [-0.1, -0.05) is 5.16 Å². The van der Waals surface area contributed by atoms with Crippen molar-refractivity contribution >= 4 is 0 Å². The highest BCUT2D eigenvalue weighted by Gasteiger charge is 2.56. The Kier molecular flexibility index (Phi) is 2.08. The van der Waals surface area contributed by atoms with Crippen LogP contribution < -0.4 is 5.32 Å². The zero-order chi connectivity index (χ0) is 11.3. The lowest BCUT2D eigenvalue weighted by Gasteiger charge is -2.56. The van der Waals surface area contributed by atoms with Crippen LogP contribution in [0.4, 0.5) is 0 Å². The Morgan fingerprint density at radius 3 is 2.94 bits per heavy atom. The molecule has 0 amide bonds. The Hall–Kier alpha value is -0.940. The maximum Gasteiger partial charge on any atom is 0.231 e. The minimum Gasteiger partial charge on any atom is -0.339 e. The molecule has 1 aromatic rings. The molecule has 1 aromatic heterocycles. The standard InChI is InChI=1S/C12H18N4O/c1-5-16-6-2-9(1)10(11-14-8-15-17-11)12(16)3-4-13-7-12/h8-10,13H,1-7H2/t10?,12-/m0/s1. The van der Waals surface area contributed by atoms with Gasteiger partial charge in [0.15, 0.2) is 6.33 Å². The average molecular weight is 234 g/mol. The van der Waals surface area contributed by atoms with Crippen LogP contribution in [0.1, 0.15) is 31.1 Å². The van der Waals surface area contributed by atoms with Crippen LogP contribution >= 0.6 is 0 Å². The number of aromatic nitrogens is 2. The van der Waals surface area contributed by atoms with Crippen LogP contribution in [0.5, 0.6) is 0 Å².